The van der Waals surface area contributed by atoms with Crippen LogP contribution in [0.15, 0.2) is 48.8 Å². The lowest BCUT2D eigenvalue weighted by atomic mass is 10.1. The summed E-state index contributed by atoms with van der Waals surface area (Å²) in [5.41, 5.74) is 4.12. The summed E-state index contributed by atoms with van der Waals surface area (Å²) in [4.78, 5) is 16.8. The molecule has 1 aliphatic rings. The van der Waals surface area contributed by atoms with E-state index in [2.05, 4.69) is 21.8 Å². The highest BCUT2D eigenvalue weighted by atomic mass is 35.5. The van der Waals surface area contributed by atoms with Gasteiger partial charge in [0.25, 0.3) is 0 Å². The fourth-order valence-electron chi connectivity index (χ4n) is 4.38. The average Bonchev–Trinajstić information content (AvgIpc) is 3.19. The number of benzene rings is 2. The van der Waals surface area contributed by atoms with E-state index in [0.717, 1.165) is 41.2 Å². The molecule has 8 heteroatoms. The van der Waals surface area contributed by atoms with Crippen LogP contribution in [0.25, 0.3) is 28.2 Å². The van der Waals surface area contributed by atoms with Crippen LogP contribution in [-0.4, -0.2) is 37.5 Å². The average molecular weight is 487 g/mol. The molecule has 5 nitrogen and oxygen atoms in total. The van der Waals surface area contributed by atoms with Gasteiger partial charge < -0.3 is 0 Å². The van der Waals surface area contributed by atoms with Gasteiger partial charge in [-0.25, -0.2) is 15.0 Å². The lowest BCUT2D eigenvalue weighted by molar-refractivity contribution is 0.173. The van der Waals surface area contributed by atoms with Crippen LogP contribution in [-0.2, 0) is 0 Å². The summed E-state index contributed by atoms with van der Waals surface area (Å²) in [5, 5.41) is 1.77. The molecule has 4 aromatic rings. The number of nitrogens with zero attached hydrogens (tertiary/aromatic N) is 5. The first-order valence-electron chi connectivity index (χ1n) is 10.7. The Balaban J connectivity index is 1.74. The zero-order valence-electron chi connectivity index (χ0n) is 17.6. The van der Waals surface area contributed by atoms with Crippen molar-refractivity contribution in [1.29, 1.82) is 0 Å². The van der Waals surface area contributed by atoms with Crippen LogP contribution in [0.1, 0.15) is 37.9 Å². The third-order valence-corrected chi connectivity index (χ3v) is 6.86. The maximum absolute atomic E-state index is 6.60. The van der Waals surface area contributed by atoms with Gasteiger partial charge in [-0.1, -0.05) is 41.2 Å². The van der Waals surface area contributed by atoms with E-state index in [9.17, 15) is 0 Å². The normalized spacial score (nSPS) is 15.9. The Morgan fingerprint density at radius 2 is 1.59 bits per heavy atom. The summed E-state index contributed by atoms with van der Waals surface area (Å²) in [6.45, 7) is 4.34. The van der Waals surface area contributed by atoms with Crippen LogP contribution in [0.4, 0.5) is 0 Å². The van der Waals surface area contributed by atoms with Crippen LogP contribution in [0.5, 0.6) is 0 Å². The smallest absolute Gasteiger partial charge is 0.168 e. The molecular formula is C24H22Cl3N5. The van der Waals surface area contributed by atoms with Gasteiger partial charge in [0.15, 0.2) is 5.65 Å². The Labute approximate surface area is 202 Å². The fourth-order valence-corrected chi connectivity index (χ4v) is 5.00. The van der Waals surface area contributed by atoms with E-state index in [1.165, 1.54) is 19.3 Å². The van der Waals surface area contributed by atoms with Crippen molar-refractivity contribution in [2.45, 2.75) is 32.2 Å². The van der Waals surface area contributed by atoms with Gasteiger partial charge in [0.2, 0.25) is 0 Å². The SMILES string of the molecule is CC(c1ncnc2c1nc(-c1ccc(Cl)cc1Cl)n2-c1ccc(Cl)cc1)N1CCCCC1. The van der Waals surface area contributed by atoms with Crippen molar-refractivity contribution in [2.75, 3.05) is 13.1 Å². The predicted octanol–water partition coefficient (Wildman–Crippen LogP) is 6.99. The topological polar surface area (TPSA) is 46.8 Å². The molecule has 164 valence electrons. The molecular weight excluding hydrogens is 465 g/mol. The molecule has 2 aromatic heterocycles. The highest BCUT2D eigenvalue weighted by molar-refractivity contribution is 6.36. The Bertz CT molecular complexity index is 1260. The molecule has 5 rings (SSSR count). The summed E-state index contributed by atoms with van der Waals surface area (Å²) in [7, 11) is 0. The standard InChI is InChI=1S/C24H22Cl3N5/c1-15(31-11-3-2-4-12-31)21-22-24(29-14-28-21)32(18-8-5-16(25)6-9-18)23(30-22)19-10-7-17(26)13-20(19)27/h5-10,13-15H,2-4,11-12H2,1H3. The number of piperidine rings is 1. The zero-order valence-corrected chi connectivity index (χ0v) is 19.9. The van der Waals surface area contributed by atoms with E-state index in [-0.39, 0.29) is 6.04 Å². The van der Waals surface area contributed by atoms with Crippen molar-refractivity contribution >= 4 is 46.0 Å². The Morgan fingerprint density at radius 3 is 2.31 bits per heavy atom. The van der Waals surface area contributed by atoms with Gasteiger partial charge >= 0.3 is 0 Å². The molecule has 0 N–H and O–H groups in total. The van der Waals surface area contributed by atoms with Crippen molar-refractivity contribution in [2.24, 2.45) is 0 Å². The van der Waals surface area contributed by atoms with Gasteiger partial charge in [-0.15, -0.1) is 0 Å². The molecule has 0 spiro atoms. The van der Waals surface area contributed by atoms with E-state index < -0.39 is 0 Å². The first-order valence-corrected chi connectivity index (χ1v) is 11.8. The van der Waals surface area contributed by atoms with Crippen molar-refractivity contribution in [1.82, 2.24) is 24.4 Å². The molecule has 3 heterocycles. The monoisotopic (exact) mass is 485 g/mol. The van der Waals surface area contributed by atoms with E-state index in [4.69, 9.17) is 39.8 Å². The summed E-state index contributed by atoms with van der Waals surface area (Å²) in [5.74, 6) is 0.691. The summed E-state index contributed by atoms with van der Waals surface area (Å²) in [6.07, 6.45) is 5.33. The van der Waals surface area contributed by atoms with E-state index in [1.54, 1.807) is 12.4 Å². The quantitative estimate of drug-likeness (QED) is 0.312. The number of imidazole rings is 1. The third kappa shape index (κ3) is 3.99. The van der Waals surface area contributed by atoms with Crippen LogP contribution >= 0.6 is 34.8 Å². The summed E-state index contributed by atoms with van der Waals surface area (Å²) >= 11 is 18.9. The molecule has 1 fully saturated rings. The van der Waals surface area contributed by atoms with E-state index >= 15 is 0 Å². The lowest BCUT2D eigenvalue weighted by Gasteiger charge is -2.31. The van der Waals surface area contributed by atoms with E-state index in [0.29, 0.717) is 20.9 Å². The number of hydrogen-bond acceptors (Lipinski definition) is 4. The van der Waals surface area contributed by atoms with Crippen molar-refractivity contribution in [3.05, 3.63) is 69.6 Å². The van der Waals surface area contributed by atoms with Crippen molar-refractivity contribution in [3.8, 4) is 17.1 Å². The molecule has 2 aromatic carbocycles. The van der Waals surface area contributed by atoms with Gasteiger partial charge in [0, 0.05) is 21.3 Å². The molecule has 0 aliphatic carbocycles. The zero-order chi connectivity index (χ0) is 22.2. The molecule has 1 atom stereocenters. The van der Waals surface area contributed by atoms with Crippen molar-refractivity contribution < 1.29 is 0 Å². The molecule has 0 bridgehead atoms. The summed E-state index contributed by atoms with van der Waals surface area (Å²) in [6, 6.07) is 13.2. The minimum Gasteiger partial charge on any atom is -0.295 e. The third-order valence-electron chi connectivity index (χ3n) is 6.06. The number of fused-ring (bicyclic) bond motifs is 1. The molecule has 1 aliphatic heterocycles. The summed E-state index contributed by atoms with van der Waals surface area (Å²) < 4.78 is 2.01. The number of aromatic nitrogens is 4. The van der Waals surface area contributed by atoms with Crippen LogP contribution in [0.3, 0.4) is 0 Å². The van der Waals surface area contributed by atoms with Gasteiger partial charge in [-0.2, -0.15) is 0 Å². The maximum atomic E-state index is 6.60. The van der Waals surface area contributed by atoms with Gasteiger partial charge in [0.05, 0.1) is 16.8 Å². The highest BCUT2D eigenvalue weighted by Crippen LogP contribution is 2.36. The maximum Gasteiger partial charge on any atom is 0.168 e. The molecule has 0 saturated carbocycles. The van der Waals surface area contributed by atoms with Crippen LogP contribution < -0.4 is 0 Å². The number of halogens is 3. The molecule has 1 unspecified atom stereocenters. The van der Waals surface area contributed by atoms with Gasteiger partial charge in [-0.3, -0.25) is 9.47 Å². The largest absolute Gasteiger partial charge is 0.295 e. The number of hydrogen-bond donors (Lipinski definition) is 0. The van der Waals surface area contributed by atoms with E-state index in [1.807, 2.05) is 41.0 Å². The first kappa shape index (κ1) is 21.7. The minimum atomic E-state index is 0.142. The second kappa shape index (κ2) is 8.99. The molecule has 0 radical (unpaired) electrons. The molecule has 32 heavy (non-hydrogen) atoms. The second-order valence-electron chi connectivity index (χ2n) is 8.08. The first-order chi connectivity index (χ1) is 15.5. The highest BCUT2D eigenvalue weighted by Gasteiger charge is 2.26. The van der Waals surface area contributed by atoms with Gasteiger partial charge in [-0.05, 0) is 75.3 Å². The lowest BCUT2D eigenvalue weighted by Crippen LogP contribution is -2.32. The van der Waals surface area contributed by atoms with Crippen LogP contribution in [0, 0.1) is 0 Å². The second-order valence-corrected chi connectivity index (χ2v) is 9.36. The number of rotatable bonds is 4. The predicted molar refractivity (Wildman–Crippen MR) is 131 cm³/mol. The Hall–Kier alpha value is -2.18. The van der Waals surface area contributed by atoms with Crippen LogP contribution in [0.2, 0.25) is 15.1 Å². The van der Waals surface area contributed by atoms with Crippen molar-refractivity contribution in [3.63, 3.8) is 0 Å². The molecule has 0 amide bonds. The minimum absolute atomic E-state index is 0.142. The molecule has 1 saturated heterocycles. The number of likely N-dealkylation sites (tertiary alicyclic amines) is 1. The fraction of sp³-hybridized carbons (Fsp3) is 0.292. The Kier molecular flexibility index (Phi) is 6.08. The Morgan fingerprint density at radius 1 is 0.875 bits per heavy atom. The van der Waals surface area contributed by atoms with Gasteiger partial charge in [0.1, 0.15) is 17.7 Å².